The van der Waals surface area contributed by atoms with Crippen LogP contribution in [0.3, 0.4) is 0 Å². The highest BCUT2D eigenvalue weighted by atomic mass is 31.1. The second-order valence-electron chi connectivity index (χ2n) is 4.55. The van der Waals surface area contributed by atoms with Gasteiger partial charge in [0.25, 0.3) is 0 Å². The smallest absolute Gasteiger partial charge is 0.0455 e. The van der Waals surface area contributed by atoms with Crippen LogP contribution in [0.25, 0.3) is 0 Å². The van der Waals surface area contributed by atoms with Gasteiger partial charge in [-0.05, 0) is 43.3 Å². The van der Waals surface area contributed by atoms with E-state index in [-0.39, 0.29) is 0 Å². The van der Waals surface area contributed by atoms with Crippen molar-refractivity contribution in [3.8, 4) is 0 Å². The molecule has 0 saturated carbocycles. The Morgan fingerprint density at radius 2 is 1.59 bits per heavy atom. The zero-order valence-corrected chi connectivity index (χ0v) is 13.2. The van der Waals surface area contributed by atoms with Crippen molar-refractivity contribution in [3.05, 3.63) is 29.8 Å². The van der Waals surface area contributed by atoms with Crippen LogP contribution in [0.5, 0.6) is 0 Å². The van der Waals surface area contributed by atoms with Gasteiger partial charge in [-0.25, -0.2) is 0 Å². The first-order chi connectivity index (χ1) is 8.25. The van der Waals surface area contributed by atoms with Crippen molar-refractivity contribution in [2.75, 3.05) is 4.44 Å². The number of rotatable bonds is 8. The van der Waals surface area contributed by atoms with Crippen molar-refractivity contribution in [1.82, 2.24) is 0 Å². The highest BCUT2D eigenvalue weighted by Crippen LogP contribution is 2.27. The molecular weight excluding hydrogens is 244 g/mol. The summed E-state index contributed by atoms with van der Waals surface area (Å²) >= 11 is 0. The van der Waals surface area contributed by atoms with Crippen molar-refractivity contribution in [3.63, 3.8) is 0 Å². The van der Waals surface area contributed by atoms with Gasteiger partial charge in [0.05, 0.1) is 0 Å². The standard InChI is InChI=1S/C14H25NP2/c1-2-3-4-5-6-7-10-13-11-8-9-12-14(13)15(16)17/h8-9,11-12H,2-7,10,16-17H2,1H3. The van der Waals surface area contributed by atoms with E-state index in [1.807, 2.05) is 4.44 Å². The van der Waals surface area contributed by atoms with Gasteiger partial charge in [-0.3, -0.25) is 0 Å². The summed E-state index contributed by atoms with van der Waals surface area (Å²) in [5.74, 6) is 0. The summed E-state index contributed by atoms with van der Waals surface area (Å²) in [6.45, 7) is 2.27. The molecular formula is C14H25NP2. The number of aryl methyl sites for hydroxylation is 1. The van der Waals surface area contributed by atoms with Crippen molar-refractivity contribution in [2.45, 2.75) is 51.9 Å². The van der Waals surface area contributed by atoms with E-state index in [1.54, 1.807) is 0 Å². The van der Waals surface area contributed by atoms with E-state index in [0.717, 1.165) is 0 Å². The van der Waals surface area contributed by atoms with Gasteiger partial charge in [-0.15, -0.1) is 0 Å². The van der Waals surface area contributed by atoms with Crippen molar-refractivity contribution in [1.29, 1.82) is 0 Å². The summed E-state index contributed by atoms with van der Waals surface area (Å²) in [6.07, 6.45) is 9.38. The molecule has 1 aromatic carbocycles. The lowest BCUT2D eigenvalue weighted by Gasteiger charge is -2.16. The zero-order valence-electron chi connectivity index (χ0n) is 10.9. The van der Waals surface area contributed by atoms with Crippen LogP contribution < -0.4 is 4.44 Å². The van der Waals surface area contributed by atoms with Crippen LogP contribution in [0.4, 0.5) is 5.69 Å². The third-order valence-corrected chi connectivity index (χ3v) is 3.63. The Balaban J connectivity index is 2.31. The Morgan fingerprint density at radius 1 is 0.941 bits per heavy atom. The number of hydrogen-bond donors (Lipinski definition) is 0. The topological polar surface area (TPSA) is 3.24 Å². The lowest BCUT2D eigenvalue weighted by molar-refractivity contribution is 0.608. The monoisotopic (exact) mass is 269 g/mol. The Morgan fingerprint density at radius 3 is 2.29 bits per heavy atom. The van der Waals surface area contributed by atoms with Crippen LogP contribution in [0.15, 0.2) is 24.3 Å². The van der Waals surface area contributed by atoms with Crippen LogP contribution in [-0.4, -0.2) is 0 Å². The van der Waals surface area contributed by atoms with Crippen molar-refractivity contribution < 1.29 is 0 Å². The minimum absolute atomic E-state index is 1.20. The van der Waals surface area contributed by atoms with E-state index in [9.17, 15) is 0 Å². The quantitative estimate of drug-likeness (QED) is 0.475. The highest BCUT2D eigenvalue weighted by molar-refractivity contribution is 7.39. The van der Waals surface area contributed by atoms with Crippen LogP contribution in [0.2, 0.25) is 0 Å². The fourth-order valence-corrected chi connectivity index (χ4v) is 2.57. The van der Waals surface area contributed by atoms with E-state index in [1.165, 1.54) is 56.2 Å². The second-order valence-corrected chi connectivity index (χ2v) is 6.26. The number of benzene rings is 1. The lowest BCUT2D eigenvalue weighted by Crippen LogP contribution is -1.96. The van der Waals surface area contributed by atoms with Gasteiger partial charge in [0.1, 0.15) is 0 Å². The Labute approximate surface area is 111 Å². The molecule has 0 radical (unpaired) electrons. The molecule has 1 rings (SSSR count). The second kappa shape index (κ2) is 8.90. The maximum Gasteiger partial charge on any atom is 0.0455 e. The van der Waals surface area contributed by atoms with Crippen molar-refractivity contribution in [2.24, 2.45) is 0 Å². The number of nitrogens with zero attached hydrogens (tertiary/aromatic N) is 1. The van der Waals surface area contributed by atoms with E-state index in [4.69, 9.17) is 0 Å². The third kappa shape index (κ3) is 5.84. The molecule has 0 aromatic heterocycles. The van der Waals surface area contributed by atoms with Gasteiger partial charge >= 0.3 is 0 Å². The number of unbranched alkanes of at least 4 members (excludes halogenated alkanes) is 5. The van der Waals surface area contributed by atoms with E-state index in [2.05, 4.69) is 50.0 Å². The Kier molecular flexibility index (Phi) is 7.82. The lowest BCUT2D eigenvalue weighted by atomic mass is 10.0. The molecule has 0 aliphatic carbocycles. The maximum atomic E-state index is 2.70. The molecule has 3 heteroatoms. The number of hydrogen-bond acceptors (Lipinski definition) is 1. The van der Waals surface area contributed by atoms with Crippen LogP contribution >= 0.6 is 18.8 Å². The predicted octanol–water partition coefficient (Wildman–Crippen LogP) is 4.98. The molecule has 2 atom stereocenters. The summed E-state index contributed by atoms with van der Waals surface area (Å²) in [4.78, 5) is 0. The Hall–Kier alpha value is -0.120. The minimum Gasteiger partial charge on any atom is -0.341 e. The molecule has 96 valence electrons. The average Bonchev–Trinajstić information content (AvgIpc) is 2.34. The molecule has 0 bridgehead atoms. The SMILES string of the molecule is CCCCCCCCc1ccccc1N(P)P. The molecule has 2 unspecified atom stereocenters. The Bertz CT molecular complexity index is 313. The van der Waals surface area contributed by atoms with Crippen molar-refractivity contribution >= 4 is 24.5 Å². The molecule has 0 heterocycles. The van der Waals surface area contributed by atoms with Gasteiger partial charge < -0.3 is 4.44 Å². The molecule has 0 N–H and O–H groups in total. The molecule has 1 nitrogen and oxygen atoms in total. The van der Waals surface area contributed by atoms with Gasteiger partial charge in [-0.2, -0.15) is 0 Å². The molecule has 1 aromatic rings. The van der Waals surface area contributed by atoms with Crippen LogP contribution in [0.1, 0.15) is 51.0 Å². The number of anilines is 1. The van der Waals surface area contributed by atoms with Gasteiger partial charge in [-0.1, -0.05) is 57.2 Å². The fraction of sp³-hybridized carbons (Fsp3) is 0.571. The molecule has 0 fully saturated rings. The maximum absolute atomic E-state index is 2.70. The molecule has 17 heavy (non-hydrogen) atoms. The van der Waals surface area contributed by atoms with E-state index in [0.29, 0.717) is 0 Å². The summed E-state index contributed by atoms with van der Waals surface area (Å²) in [6, 6.07) is 8.64. The van der Waals surface area contributed by atoms with Gasteiger partial charge in [0, 0.05) is 5.69 Å². The van der Waals surface area contributed by atoms with Crippen LogP contribution in [-0.2, 0) is 6.42 Å². The minimum atomic E-state index is 1.20. The fourth-order valence-electron chi connectivity index (χ4n) is 2.07. The summed E-state index contributed by atoms with van der Waals surface area (Å²) in [5.41, 5.74) is 2.75. The van der Waals surface area contributed by atoms with Gasteiger partial charge in [0.15, 0.2) is 0 Å². The molecule has 0 saturated heterocycles. The molecule has 0 spiro atoms. The summed E-state index contributed by atoms with van der Waals surface area (Å²) in [5, 5.41) is 0. The third-order valence-electron chi connectivity index (χ3n) is 3.07. The molecule has 0 aliphatic rings. The number of para-hydroxylation sites is 1. The average molecular weight is 269 g/mol. The molecule has 0 amide bonds. The highest BCUT2D eigenvalue weighted by Gasteiger charge is 2.03. The summed E-state index contributed by atoms with van der Waals surface area (Å²) < 4.78 is 2.05. The van der Waals surface area contributed by atoms with E-state index >= 15 is 0 Å². The summed E-state index contributed by atoms with van der Waals surface area (Å²) in [7, 11) is 5.41. The van der Waals surface area contributed by atoms with Crippen LogP contribution in [0, 0.1) is 0 Å². The normalized spacial score (nSPS) is 10.5. The largest absolute Gasteiger partial charge is 0.341 e. The zero-order chi connectivity index (χ0) is 12.5. The first kappa shape index (κ1) is 14.9. The predicted molar refractivity (Wildman–Crippen MR) is 85.4 cm³/mol. The van der Waals surface area contributed by atoms with E-state index < -0.39 is 0 Å². The van der Waals surface area contributed by atoms with Gasteiger partial charge in [0.2, 0.25) is 0 Å². The molecule has 0 aliphatic heterocycles. The first-order valence-corrected chi connectivity index (χ1v) is 7.66. The first-order valence-electron chi connectivity index (χ1n) is 6.63.